The van der Waals surface area contributed by atoms with Crippen LogP contribution in [0.1, 0.15) is 12.1 Å². The summed E-state index contributed by atoms with van der Waals surface area (Å²) in [7, 11) is 5.49. The van der Waals surface area contributed by atoms with Gasteiger partial charge in [0.05, 0.1) is 0 Å². The Kier molecular flexibility index (Phi) is 5.55. The van der Waals surface area contributed by atoms with Crippen molar-refractivity contribution >= 4 is 25.5 Å². The molecule has 7 heteroatoms. The molecule has 0 spiro atoms. The summed E-state index contributed by atoms with van der Waals surface area (Å²) in [6.45, 7) is 0. The Labute approximate surface area is 119 Å². The molecule has 0 bridgehead atoms. The number of carbonyl (C=O) groups is 1. The summed E-state index contributed by atoms with van der Waals surface area (Å²) in [6.07, 6.45) is 2.46. The minimum absolute atomic E-state index is 0.104. The van der Waals surface area contributed by atoms with Crippen LogP contribution in [0.2, 0.25) is 5.32 Å². The van der Waals surface area contributed by atoms with Crippen LogP contribution in [0.25, 0.3) is 0 Å². The van der Waals surface area contributed by atoms with E-state index < -0.39 is 12.0 Å². The summed E-state index contributed by atoms with van der Waals surface area (Å²) >= 11 is 0.104. The van der Waals surface area contributed by atoms with E-state index in [1.54, 1.807) is 6.33 Å². The third kappa shape index (κ3) is 4.67. The fraction of sp³-hybridized carbons (Fsp3) is 0.583. The number of hydrogen-bond donors (Lipinski definition) is 1. The number of quaternary nitrogens is 1. The molecule has 0 aliphatic heterocycles. The van der Waals surface area contributed by atoms with Crippen molar-refractivity contribution in [3.63, 3.8) is 0 Å². The predicted octanol–water partition coefficient (Wildman–Crippen LogP) is -1.56. The number of likely N-dealkylation sites (N-methyl/N-ethyl adjacent to an activating group) is 1. The molecule has 1 aromatic rings. The van der Waals surface area contributed by atoms with Gasteiger partial charge >= 0.3 is 119 Å². The van der Waals surface area contributed by atoms with Crippen LogP contribution in [0.4, 0.5) is 0 Å². The molecule has 1 rings (SSSR count). The van der Waals surface area contributed by atoms with Crippen molar-refractivity contribution in [2.24, 2.45) is 0 Å². The van der Waals surface area contributed by atoms with Crippen molar-refractivity contribution in [3.05, 3.63) is 12.0 Å². The number of nitrogens with one attached hydrogen (secondary N) is 1. The van der Waals surface area contributed by atoms with E-state index in [4.69, 9.17) is 5.26 Å². The SMILES string of the molecule is C[N+](C)(C)[C@@H](Cc1[nH]cnc1[Se]CCC#N)C(=O)[O-]. The average Bonchev–Trinajstić information content (AvgIpc) is 2.72. The van der Waals surface area contributed by atoms with Gasteiger partial charge in [0.1, 0.15) is 0 Å². The summed E-state index contributed by atoms with van der Waals surface area (Å²) in [4.78, 5) is 18.5. The molecule has 0 aromatic carbocycles. The average molecular weight is 329 g/mol. The Morgan fingerprint density at radius 1 is 1.63 bits per heavy atom. The molecule has 6 nitrogen and oxygen atoms in total. The number of nitrogens with zero attached hydrogens (tertiary/aromatic N) is 3. The van der Waals surface area contributed by atoms with Gasteiger partial charge in [-0.2, -0.15) is 0 Å². The molecule has 0 unspecified atom stereocenters. The molecular formula is C12H18N4O2Se. The number of nitriles is 1. The molecule has 0 aliphatic rings. The van der Waals surface area contributed by atoms with Gasteiger partial charge in [0, 0.05) is 0 Å². The standard InChI is InChI=1S/C12H18N4O2Se/c1-16(2,3)10(12(17)18)7-9-11(15-8-14-9)19-6-4-5-13/h8,10H,4,6-7H2,1-3H3,(H-,14,15,17,18)/t10-/m0/s1. The van der Waals surface area contributed by atoms with Crippen LogP contribution in [-0.2, 0) is 11.2 Å². The summed E-state index contributed by atoms with van der Waals surface area (Å²) < 4.78 is 1.20. The van der Waals surface area contributed by atoms with Crippen molar-refractivity contribution in [1.29, 1.82) is 5.26 Å². The number of carboxylic acid groups (broad SMARTS) is 1. The van der Waals surface area contributed by atoms with Gasteiger partial charge in [-0.25, -0.2) is 0 Å². The maximum atomic E-state index is 11.2. The normalized spacial score (nSPS) is 12.9. The second-order valence-electron chi connectivity index (χ2n) is 5.10. The number of rotatable bonds is 7. The number of aromatic nitrogens is 2. The zero-order valence-electron chi connectivity index (χ0n) is 11.3. The fourth-order valence-corrected chi connectivity index (χ4v) is 3.38. The van der Waals surface area contributed by atoms with Crippen LogP contribution in [0.15, 0.2) is 6.33 Å². The van der Waals surface area contributed by atoms with Crippen LogP contribution in [-0.4, -0.2) is 62.6 Å². The first-order chi connectivity index (χ1) is 8.86. The first kappa shape index (κ1) is 15.7. The van der Waals surface area contributed by atoms with Gasteiger partial charge in [-0.3, -0.25) is 0 Å². The minimum atomic E-state index is -1.06. The summed E-state index contributed by atoms with van der Waals surface area (Å²) in [5.74, 6) is -1.06. The molecule has 1 N–H and O–H groups in total. The Balaban J connectivity index is 2.78. The molecule has 0 saturated carbocycles. The van der Waals surface area contributed by atoms with Gasteiger partial charge in [-0.1, -0.05) is 0 Å². The molecule has 1 aromatic heterocycles. The van der Waals surface area contributed by atoms with Crippen molar-refractivity contribution < 1.29 is 14.4 Å². The van der Waals surface area contributed by atoms with Gasteiger partial charge < -0.3 is 0 Å². The van der Waals surface area contributed by atoms with Crippen molar-refractivity contribution in [1.82, 2.24) is 9.97 Å². The first-order valence-corrected chi connectivity index (χ1v) is 7.97. The van der Waals surface area contributed by atoms with Crippen LogP contribution < -0.4 is 9.70 Å². The number of imidazole rings is 1. The Hall–Kier alpha value is -1.35. The number of carboxylic acids is 1. The molecule has 0 amide bonds. The summed E-state index contributed by atoms with van der Waals surface area (Å²) in [5, 5.41) is 20.6. The Bertz CT molecular complexity index is 473. The van der Waals surface area contributed by atoms with Gasteiger partial charge in [0.2, 0.25) is 0 Å². The monoisotopic (exact) mass is 330 g/mol. The molecule has 0 radical (unpaired) electrons. The van der Waals surface area contributed by atoms with E-state index in [1.807, 2.05) is 21.1 Å². The molecule has 0 aliphatic carbocycles. The molecular weight excluding hydrogens is 311 g/mol. The van der Waals surface area contributed by atoms with Crippen LogP contribution in [0, 0.1) is 11.3 Å². The van der Waals surface area contributed by atoms with E-state index in [0.717, 1.165) is 15.6 Å². The van der Waals surface area contributed by atoms with E-state index in [2.05, 4.69) is 16.0 Å². The topological polar surface area (TPSA) is 92.6 Å². The summed E-state index contributed by atoms with van der Waals surface area (Å²) in [6, 6.07) is 1.48. The van der Waals surface area contributed by atoms with E-state index in [9.17, 15) is 9.90 Å². The number of hydrogen-bond acceptors (Lipinski definition) is 4. The summed E-state index contributed by atoms with van der Waals surface area (Å²) in [5.41, 5.74) is 0.847. The quantitative estimate of drug-likeness (QED) is 0.372. The third-order valence-corrected chi connectivity index (χ3v) is 4.90. The fourth-order valence-electron chi connectivity index (χ4n) is 1.64. The molecule has 1 heterocycles. The zero-order valence-corrected chi connectivity index (χ0v) is 13.1. The van der Waals surface area contributed by atoms with E-state index in [1.165, 1.54) is 0 Å². The second kappa shape index (κ2) is 6.71. The van der Waals surface area contributed by atoms with Crippen LogP contribution >= 0.6 is 0 Å². The van der Waals surface area contributed by atoms with Crippen LogP contribution in [0.5, 0.6) is 0 Å². The Morgan fingerprint density at radius 2 is 2.32 bits per heavy atom. The maximum absolute atomic E-state index is 11.2. The van der Waals surface area contributed by atoms with Crippen LogP contribution in [0.3, 0.4) is 0 Å². The van der Waals surface area contributed by atoms with Crippen molar-refractivity contribution in [3.8, 4) is 6.07 Å². The van der Waals surface area contributed by atoms with E-state index >= 15 is 0 Å². The molecule has 0 saturated heterocycles. The number of H-pyrrole nitrogens is 1. The molecule has 104 valence electrons. The molecule has 19 heavy (non-hydrogen) atoms. The number of carbonyl (C=O) groups excluding carboxylic acids is 1. The van der Waals surface area contributed by atoms with Gasteiger partial charge in [0.25, 0.3) is 0 Å². The van der Waals surface area contributed by atoms with E-state index in [0.29, 0.717) is 17.3 Å². The molecule has 1 atom stereocenters. The van der Waals surface area contributed by atoms with Gasteiger partial charge in [-0.05, 0) is 0 Å². The number of aliphatic carboxylic acids is 1. The van der Waals surface area contributed by atoms with Crippen molar-refractivity contribution in [2.75, 3.05) is 21.1 Å². The Morgan fingerprint density at radius 3 is 2.84 bits per heavy atom. The van der Waals surface area contributed by atoms with Gasteiger partial charge in [-0.15, -0.1) is 0 Å². The molecule has 0 fully saturated rings. The van der Waals surface area contributed by atoms with E-state index in [-0.39, 0.29) is 15.0 Å². The van der Waals surface area contributed by atoms with Gasteiger partial charge in [0.15, 0.2) is 0 Å². The zero-order chi connectivity index (χ0) is 14.5. The van der Waals surface area contributed by atoms with Crippen molar-refractivity contribution in [2.45, 2.75) is 24.2 Å². The predicted molar refractivity (Wildman–Crippen MR) is 69.5 cm³/mol. The first-order valence-electron chi connectivity index (χ1n) is 5.90. The second-order valence-corrected chi connectivity index (χ2v) is 7.37. The third-order valence-electron chi connectivity index (χ3n) is 2.74. The number of aromatic amines is 1.